The molecule has 0 bridgehead atoms. The van der Waals surface area contributed by atoms with Crippen molar-refractivity contribution in [3.63, 3.8) is 0 Å². The minimum absolute atomic E-state index is 0.0481. The van der Waals surface area contributed by atoms with Crippen LogP contribution in [0.25, 0.3) is 0 Å². The molecule has 0 unspecified atom stereocenters. The lowest BCUT2D eigenvalue weighted by Crippen LogP contribution is -2.40. The number of carbonyl (C=O) groups is 2. The molecular formula is C18H25BrN2O4. The molecule has 0 saturated heterocycles. The first kappa shape index (κ1) is 21.2. The van der Waals surface area contributed by atoms with Crippen molar-refractivity contribution >= 4 is 33.7 Å². The molecular weight excluding hydrogens is 388 g/mol. The lowest BCUT2D eigenvalue weighted by Gasteiger charge is -2.29. The van der Waals surface area contributed by atoms with Crippen LogP contribution in [0.1, 0.15) is 39.0 Å². The van der Waals surface area contributed by atoms with E-state index in [0.29, 0.717) is 11.4 Å². The fraction of sp³-hybridized carbons (Fsp3) is 0.500. The molecule has 1 heterocycles. The fourth-order valence-corrected chi connectivity index (χ4v) is 2.42. The van der Waals surface area contributed by atoms with Gasteiger partial charge in [-0.3, -0.25) is 9.88 Å². The molecule has 0 aliphatic heterocycles. The van der Waals surface area contributed by atoms with Gasteiger partial charge in [0.1, 0.15) is 5.60 Å². The van der Waals surface area contributed by atoms with Crippen LogP contribution >= 0.6 is 15.9 Å². The van der Waals surface area contributed by atoms with Crippen molar-refractivity contribution in [3.05, 3.63) is 34.1 Å². The average molecular weight is 413 g/mol. The van der Waals surface area contributed by atoms with Crippen LogP contribution in [0.2, 0.25) is 0 Å². The van der Waals surface area contributed by atoms with Gasteiger partial charge in [0.15, 0.2) is 0 Å². The van der Waals surface area contributed by atoms with E-state index in [-0.39, 0.29) is 18.7 Å². The van der Waals surface area contributed by atoms with Gasteiger partial charge in [-0.1, -0.05) is 6.58 Å². The maximum absolute atomic E-state index is 12.8. The van der Waals surface area contributed by atoms with Crippen molar-refractivity contribution in [1.29, 1.82) is 0 Å². The van der Waals surface area contributed by atoms with Crippen LogP contribution in [0.4, 0.5) is 10.5 Å². The highest BCUT2D eigenvalue weighted by Crippen LogP contribution is 2.30. The topological polar surface area (TPSA) is 68.7 Å². The molecule has 0 radical (unpaired) electrons. The van der Waals surface area contributed by atoms with Gasteiger partial charge in [-0.15, -0.1) is 0 Å². The number of hydrogen-bond donors (Lipinski definition) is 0. The Hall–Kier alpha value is -1.89. The van der Waals surface area contributed by atoms with Gasteiger partial charge >= 0.3 is 12.1 Å². The summed E-state index contributed by atoms with van der Waals surface area (Å²) >= 11 is 3.42. The summed E-state index contributed by atoms with van der Waals surface area (Å²) in [7, 11) is 0. The number of anilines is 1. The van der Waals surface area contributed by atoms with E-state index < -0.39 is 17.7 Å². The molecule has 0 atom stereocenters. The third-order valence-electron chi connectivity index (χ3n) is 3.22. The van der Waals surface area contributed by atoms with Gasteiger partial charge in [0.05, 0.1) is 24.5 Å². The number of hydrogen-bond acceptors (Lipinski definition) is 5. The second-order valence-corrected chi connectivity index (χ2v) is 7.41. The third kappa shape index (κ3) is 5.85. The highest BCUT2D eigenvalue weighted by molar-refractivity contribution is 9.10. The van der Waals surface area contributed by atoms with E-state index in [1.165, 1.54) is 4.90 Å². The zero-order valence-corrected chi connectivity index (χ0v) is 17.2. The standard InChI is InChI=1S/C18H25BrN2O4/c1-8-24-16(22)11(2)10-21(17(23)25-18(5,6)7)15-12(3)14(19)9-20-13(15)4/h9H,2,8,10H2,1,3-7H3. The van der Waals surface area contributed by atoms with E-state index in [4.69, 9.17) is 9.47 Å². The minimum Gasteiger partial charge on any atom is -0.463 e. The molecule has 0 N–H and O–H groups in total. The fourth-order valence-electron chi connectivity index (χ4n) is 2.13. The van der Waals surface area contributed by atoms with Crippen molar-refractivity contribution in [2.75, 3.05) is 18.1 Å². The molecule has 7 heteroatoms. The van der Waals surface area contributed by atoms with Crippen LogP contribution in [-0.2, 0) is 14.3 Å². The van der Waals surface area contributed by atoms with Gasteiger partial charge < -0.3 is 9.47 Å². The highest BCUT2D eigenvalue weighted by Gasteiger charge is 2.28. The molecule has 0 aromatic carbocycles. The number of esters is 1. The number of rotatable bonds is 5. The smallest absolute Gasteiger partial charge is 0.415 e. The minimum atomic E-state index is -0.679. The molecule has 0 aliphatic carbocycles. The highest BCUT2D eigenvalue weighted by atomic mass is 79.9. The van der Waals surface area contributed by atoms with E-state index in [0.717, 1.165) is 10.0 Å². The summed E-state index contributed by atoms with van der Waals surface area (Å²) in [4.78, 5) is 30.3. The Morgan fingerprint density at radius 2 is 1.92 bits per heavy atom. The van der Waals surface area contributed by atoms with Gasteiger partial charge in [-0.25, -0.2) is 9.59 Å². The Morgan fingerprint density at radius 3 is 2.44 bits per heavy atom. The number of aromatic nitrogens is 1. The number of amides is 1. The van der Waals surface area contributed by atoms with Crippen molar-refractivity contribution in [2.24, 2.45) is 0 Å². The summed E-state index contributed by atoms with van der Waals surface area (Å²) in [6.45, 7) is 14.6. The summed E-state index contributed by atoms with van der Waals surface area (Å²) < 4.78 is 11.2. The summed E-state index contributed by atoms with van der Waals surface area (Å²) in [5.41, 5.74) is 1.51. The van der Waals surface area contributed by atoms with E-state index in [1.54, 1.807) is 40.8 Å². The van der Waals surface area contributed by atoms with Gasteiger partial charge in [0.25, 0.3) is 0 Å². The molecule has 0 fully saturated rings. The summed E-state index contributed by atoms with van der Waals surface area (Å²) in [6.07, 6.45) is 1.09. The predicted octanol–water partition coefficient (Wildman–Crippen LogP) is 4.32. The molecule has 1 aromatic heterocycles. The average Bonchev–Trinajstić information content (AvgIpc) is 2.48. The zero-order valence-electron chi connectivity index (χ0n) is 15.6. The normalized spacial score (nSPS) is 11.0. The first-order valence-electron chi connectivity index (χ1n) is 7.95. The van der Waals surface area contributed by atoms with Gasteiger partial charge in [0.2, 0.25) is 0 Å². The maximum Gasteiger partial charge on any atom is 0.415 e. The predicted molar refractivity (Wildman–Crippen MR) is 101 cm³/mol. The van der Waals surface area contributed by atoms with Gasteiger partial charge in [0, 0.05) is 16.2 Å². The molecule has 1 aromatic rings. The monoisotopic (exact) mass is 412 g/mol. The van der Waals surface area contributed by atoms with Crippen LogP contribution in [0, 0.1) is 13.8 Å². The quantitative estimate of drug-likeness (QED) is 0.531. The molecule has 0 spiro atoms. The number of pyridine rings is 1. The Labute approximate surface area is 157 Å². The Morgan fingerprint density at radius 1 is 1.32 bits per heavy atom. The van der Waals surface area contributed by atoms with Crippen LogP contribution in [-0.4, -0.2) is 35.8 Å². The first-order valence-corrected chi connectivity index (χ1v) is 8.74. The second-order valence-electron chi connectivity index (χ2n) is 6.56. The van der Waals surface area contributed by atoms with Crippen LogP contribution in [0.15, 0.2) is 22.8 Å². The Kier molecular flexibility index (Phi) is 7.17. The number of nitrogens with zero attached hydrogens (tertiary/aromatic N) is 2. The molecule has 25 heavy (non-hydrogen) atoms. The molecule has 138 valence electrons. The first-order chi connectivity index (χ1) is 11.5. The van der Waals surface area contributed by atoms with E-state index in [9.17, 15) is 9.59 Å². The van der Waals surface area contributed by atoms with Crippen molar-refractivity contribution < 1.29 is 19.1 Å². The molecule has 0 aliphatic rings. The number of ether oxygens (including phenoxy) is 2. The zero-order chi connectivity index (χ0) is 19.4. The second kappa shape index (κ2) is 8.47. The SMILES string of the molecule is C=C(CN(C(=O)OC(C)(C)C)c1c(C)ncc(Br)c1C)C(=O)OCC. The lowest BCUT2D eigenvalue weighted by atomic mass is 10.1. The summed E-state index contributed by atoms with van der Waals surface area (Å²) in [5, 5.41) is 0. The lowest BCUT2D eigenvalue weighted by molar-refractivity contribution is -0.138. The van der Waals surface area contributed by atoms with Crippen molar-refractivity contribution in [3.8, 4) is 0 Å². The molecule has 1 amide bonds. The van der Waals surface area contributed by atoms with Crippen molar-refractivity contribution in [1.82, 2.24) is 4.98 Å². The molecule has 6 nitrogen and oxygen atoms in total. The van der Waals surface area contributed by atoms with E-state index in [1.807, 2.05) is 6.92 Å². The van der Waals surface area contributed by atoms with Crippen LogP contribution in [0.3, 0.4) is 0 Å². The largest absolute Gasteiger partial charge is 0.463 e. The molecule has 1 rings (SSSR count). The number of carbonyl (C=O) groups excluding carboxylic acids is 2. The molecule has 0 saturated carbocycles. The van der Waals surface area contributed by atoms with Gasteiger partial charge in [-0.2, -0.15) is 0 Å². The summed E-state index contributed by atoms with van der Waals surface area (Å²) in [5.74, 6) is -0.547. The maximum atomic E-state index is 12.8. The van der Waals surface area contributed by atoms with Crippen LogP contribution < -0.4 is 4.90 Å². The van der Waals surface area contributed by atoms with E-state index >= 15 is 0 Å². The number of halogens is 1. The summed E-state index contributed by atoms with van der Waals surface area (Å²) in [6, 6.07) is 0. The van der Waals surface area contributed by atoms with E-state index in [2.05, 4.69) is 27.5 Å². The Bertz CT molecular complexity index is 680. The van der Waals surface area contributed by atoms with Crippen molar-refractivity contribution in [2.45, 2.75) is 47.1 Å². The van der Waals surface area contributed by atoms with Crippen LogP contribution in [0.5, 0.6) is 0 Å². The third-order valence-corrected chi connectivity index (χ3v) is 4.02. The number of aryl methyl sites for hydroxylation is 1. The Balaban J connectivity index is 3.30. The van der Waals surface area contributed by atoms with Gasteiger partial charge in [-0.05, 0) is 63.0 Å².